The average Bonchev–Trinajstić information content (AvgIpc) is 2.85. The van der Waals surface area contributed by atoms with E-state index in [0.29, 0.717) is 12.2 Å². The zero-order valence-corrected chi connectivity index (χ0v) is 12.0. The summed E-state index contributed by atoms with van der Waals surface area (Å²) in [5.74, 6) is 0. The van der Waals surface area contributed by atoms with Crippen molar-refractivity contribution in [2.24, 2.45) is 0 Å². The zero-order chi connectivity index (χ0) is 15.5. The Balaban J connectivity index is 2.35. The minimum absolute atomic E-state index is 0.209. The Bertz CT molecular complexity index is 602. The van der Waals surface area contributed by atoms with Crippen molar-refractivity contribution in [1.82, 2.24) is 15.1 Å². The van der Waals surface area contributed by atoms with Crippen molar-refractivity contribution in [3.63, 3.8) is 0 Å². The molecule has 6 heteroatoms. The largest absolute Gasteiger partial charge is 0.416 e. The van der Waals surface area contributed by atoms with E-state index in [9.17, 15) is 13.2 Å². The number of benzene rings is 1. The summed E-state index contributed by atoms with van der Waals surface area (Å²) < 4.78 is 41.1. The summed E-state index contributed by atoms with van der Waals surface area (Å²) in [6.45, 7) is 4.72. The number of rotatable bonds is 5. The molecule has 1 aromatic carbocycles. The first kappa shape index (κ1) is 15.6. The summed E-state index contributed by atoms with van der Waals surface area (Å²) >= 11 is 0. The second kappa shape index (κ2) is 6.30. The molecule has 0 unspecified atom stereocenters. The number of hydrogen-bond donors (Lipinski definition) is 1. The molecule has 0 aliphatic heterocycles. The number of hydrogen-bond acceptors (Lipinski definition) is 2. The molecule has 0 spiro atoms. The Hall–Kier alpha value is -1.82. The van der Waals surface area contributed by atoms with Crippen molar-refractivity contribution in [2.45, 2.75) is 33.0 Å². The van der Waals surface area contributed by atoms with Gasteiger partial charge in [-0.25, -0.2) is 4.68 Å². The quantitative estimate of drug-likeness (QED) is 0.853. The Labute approximate surface area is 121 Å². The van der Waals surface area contributed by atoms with Gasteiger partial charge in [0.2, 0.25) is 0 Å². The van der Waals surface area contributed by atoms with Crippen molar-refractivity contribution < 1.29 is 13.2 Å². The first-order valence-corrected chi connectivity index (χ1v) is 6.84. The molecule has 1 heterocycles. The van der Waals surface area contributed by atoms with Gasteiger partial charge in [0, 0.05) is 12.7 Å². The van der Waals surface area contributed by atoms with Gasteiger partial charge in [0.05, 0.1) is 17.4 Å². The fraction of sp³-hybridized carbons (Fsp3) is 0.400. The van der Waals surface area contributed by atoms with Gasteiger partial charge in [-0.15, -0.1) is 0 Å². The first-order valence-electron chi connectivity index (χ1n) is 6.84. The maximum absolute atomic E-state index is 13.2. The van der Waals surface area contributed by atoms with Crippen LogP contribution >= 0.6 is 0 Å². The molecular formula is C15H18F3N3. The van der Waals surface area contributed by atoms with Crippen LogP contribution in [0.15, 0.2) is 30.6 Å². The average molecular weight is 297 g/mol. The van der Waals surface area contributed by atoms with Crippen LogP contribution in [0.4, 0.5) is 13.2 Å². The molecule has 0 fully saturated rings. The highest BCUT2D eigenvalue weighted by atomic mass is 19.4. The van der Waals surface area contributed by atoms with Gasteiger partial charge < -0.3 is 5.32 Å². The summed E-state index contributed by atoms with van der Waals surface area (Å²) in [4.78, 5) is 0. The number of nitrogens with one attached hydrogen (secondary N) is 1. The molecule has 0 radical (unpaired) electrons. The molecule has 2 rings (SSSR count). The summed E-state index contributed by atoms with van der Waals surface area (Å²) in [5.41, 5.74) is 0.951. The van der Waals surface area contributed by atoms with Gasteiger partial charge in [0.15, 0.2) is 0 Å². The van der Waals surface area contributed by atoms with Crippen LogP contribution in [0.1, 0.15) is 30.0 Å². The van der Waals surface area contributed by atoms with Crippen molar-refractivity contribution in [3.8, 4) is 5.69 Å². The summed E-state index contributed by atoms with van der Waals surface area (Å²) in [7, 11) is 0. The second-order valence-corrected chi connectivity index (χ2v) is 4.98. The number of aryl methyl sites for hydroxylation is 1. The molecular weight excluding hydrogens is 279 g/mol. The van der Waals surface area contributed by atoms with E-state index in [-0.39, 0.29) is 12.1 Å². The molecule has 2 aromatic rings. The Morgan fingerprint density at radius 2 is 2.05 bits per heavy atom. The molecule has 0 atom stereocenters. The highest BCUT2D eigenvalue weighted by molar-refractivity contribution is 5.42. The number of halogens is 3. The third kappa shape index (κ3) is 3.85. The van der Waals surface area contributed by atoms with Gasteiger partial charge in [-0.05, 0) is 43.1 Å². The number of nitrogens with zero attached hydrogens (tertiary/aromatic N) is 2. The second-order valence-electron chi connectivity index (χ2n) is 4.98. The lowest BCUT2D eigenvalue weighted by atomic mass is 10.1. The van der Waals surface area contributed by atoms with Crippen molar-refractivity contribution in [1.29, 1.82) is 0 Å². The van der Waals surface area contributed by atoms with E-state index < -0.39 is 11.7 Å². The van der Waals surface area contributed by atoms with Crippen LogP contribution < -0.4 is 5.32 Å². The standard InChI is InChI=1S/C15H18F3N3/c1-3-6-19-9-12-4-5-13(7-14(12)15(16,17)18)21-10-11(2)8-20-21/h4-5,7-8,10,19H,3,6,9H2,1-2H3. The summed E-state index contributed by atoms with van der Waals surface area (Å²) in [5, 5.41) is 7.05. The van der Waals surface area contributed by atoms with E-state index in [4.69, 9.17) is 0 Å². The number of alkyl halides is 3. The van der Waals surface area contributed by atoms with Crippen LogP contribution in [0.5, 0.6) is 0 Å². The van der Waals surface area contributed by atoms with Gasteiger partial charge >= 0.3 is 6.18 Å². The minimum atomic E-state index is -4.37. The molecule has 1 aromatic heterocycles. The molecule has 0 aliphatic rings. The highest BCUT2D eigenvalue weighted by Crippen LogP contribution is 2.33. The fourth-order valence-electron chi connectivity index (χ4n) is 2.08. The molecule has 0 aliphatic carbocycles. The molecule has 0 bridgehead atoms. The van der Waals surface area contributed by atoms with Crippen molar-refractivity contribution in [3.05, 3.63) is 47.3 Å². The Kier molecular flexibility index (Phi) is 4.67. The van der Waals surface area contributed by atoms with Gasteiger partial charge in [0.25, 0.3) is 0 Å². The van der Waals surface area contributed by atoms with E-state index in [1.54, 1.807) is 18.5 Å². The highest BCUT2D eigenvalue weighted by Gasteiger charge is 2.33. The zero-order valence-electron chi connectivity index (χ0n) is 12.0. The molecule has 3 nitrogen and oxygen atoms in total. The van der Waals surface area contributed by atoms with Crippen LogP contribution in [-0.2, 0) is 12.7 Å². The molecule has 0 saturated heterocycles. The fourth-order valence-corrected chi connectivity index (χ4v) is 2.08. The van der Waals surface area contributed by atoms with E-state index in [1.165, 1.54) is 10.7 Å². The smallest absolute Gasteiger partial charge is 0.313 e. The SMILES string of the molecule is CCCNCc1ccc(-n2cc(C)cn2)cc1C(F)(F)F. The van der Waals surface area contributed by atoms with E-state index in [2.05, 4.69) is 10.4 Å². The van der Waals surface area contributed by atoms with E-state index in [1.807, 2.05) is 13.8 Å². The molecule has 114 valence electrons. The maximum Gasteiger partial charge on any atom is 0.416 e. The molecule has 0 amide bonds. The molecule has 21 heavy (non-hydrogen) atoms. The van der Waals surface area contributed by atoms with E-state index in [0.717, 1.165) is 18.1 Å². The van der Waals surface area contributed by atoms with Crippen LogP contribution in [0, 0.1) is 6.92 Å². The predicted molar refractivity (Wildman–Crippen MR) is 75.3 cm³/mol. The summed E-state index contributed by atoms with van der Waals surface area (Å²) in [6, 6.07) is 4.32. The lowest BCUT2D eigenvalue weighted by Crippen LogP contribution is -2.18. The monoisotopic (exact) mass is 297 g/mol. The number of aromatic nitrogens is 2. The topological polar surface area (TPSA) is 29.9 Å². The van der Waals surface area contributed by atoms with Gasteiger partial charge in [-0.1, -0.05) is 13.0 Å². The van der Waals surface area contributed by atoms with Gasteiger partial charge in [-0.2, -0.15) is 18.3 Å². The maximum atomic E-state index is 13.2. The van der Waals surface area contributed by atoms with Gasteiger partial charge in [0.1, 0.15) is 0 Å². The Morgan fingerprint density at radius 3 is 2.62 bits per heavy atom. The predicted octanol–water partition coefficient (Wildman–Crippen LogP) is 3.70. The summed E-state index contributed by atoms with van der Waals surface area (Å²) in [6.07, 6.45) is -0.179. The third-order valence-electron chi connectivity index (χ3n) is 3.12. The van der Waals surface area contributed by atoms with Crippen LogP contribution in [0.25, 0.3) is 5.69 Å². The van der Waals surface area contributed by atoms with Crippen LogP contribution in [0.3, 0.4) is 0 Å². The van der Waals surface area contributed by atoms with E-state index >= 15 is 0 Å². The molecule has 1 N–H and O–H groups in total. The van der Waals surface area contributed by atoms with Crippen LogP contribution in [-0.4, -0.2) is 16.3 Å². The lowest BCUT2D eigenvalue weighted by molar-refractivity contribution is -0.138. The molecule has 0 saturated carbocycles. The van der Waals surface area contributed by atoms with Crippen molar-refractivity contribution >= 4 is 0 Å². The van der Waals surface area contributed by atoms with Gasteiger partial charge in [-0.3, -0.25) is 0 Å². The Morgan fingerprint density at radius 1 is 1.29 bits per heavy atom. The normalized spacial score (nSPS) is 11.9. The lowest BCUT2D eigenvalue weighted by Gasteiger charge is -2.15. The van der Waals surface area contributed by atoms with Crippen molar-refractivity contribution in [2.75, 3.05) is 6.54 Å². The minimum Gasteiger partial charge on any atom is -0.313 e. The van der Waals surface area contributed by atoms with Crippen LogP contribution in [0.2, 0.25) is 0 Å². The third-order valence-corrected chi connectivity index (χ3v) is 3.12. The first-order chi connectivity index (χ1) is 9.91.